The van der Waals surface area contributed by atoms with Gasteiger partial charge in [0.25, 0.3) is 0 Å². The smallest absolute Gasteiger partial charge is 0.222 e. The summed E-state index contributed by atoms with van der Waals surface area (Å²) in [6, 6.07) is 20.9. The van der Waals surface area contributed by atoms with Gasteiger partial charge in [0.2, 0.25) is 5.91 Å². The third-order valence-corrected chi connectivity index (χ3v) is 4.32. The van der Waals surface area contributed by atoms with Gasteiger partial charge in [-0.1, -0.05) is 60.7 Å². The van der Waals surface area contributed by atoms with Gasteiger partial charge in [-0.25, -0.2) is 0 Å². The lowest BCUT2D eigenvalue weighted by molar-refractivity contribution is -0.130. The highest BCUT2D eigenvalue weighted by atomic mass is 16.2. The van der Waals surface area contributed by atoms with Crippen LogP contribution in [0.15, 0.2) is 60.7 Å². The summed E-state index contributed by atoms with van der Waals surface area (Å²) in [4.78, 5) is 14.4. The molecule has 2 rings (SSSR count). The summed E-state index contributed by atoms with van der Waals surface area (Å²) in [7, 11) is 3.80. The zero-order chi connectivity index (χ0) is 17.2. The number of carbonyl (C=O) groups excluding carboxylic acids is 1. The first-order chi connectivity index (χ1) is 11.7. The number of likely N-dealkylation sites (N-methyl/N-ethyl adjacent to an activating group) is 2. The predicted octanol–water partition coefficient (Wildman–Crippen LogP) is 3.16. The standard InChI is InChI=1S/C21H28N2O/c1-22-13-14-23(2)21(24)17-20(15-18-9-5-3-6-10-18)16-19-11-7-4-8-12-19/h3-12,20,22H,13-17H2,1-2H3. The minimum atomic E-state index is 0.224. The van der Waals surface area contributed by atoms with E-state index in [1.54, 1.807) is 0 Å². The molecule has 0 bridgehead atoms. The molecule has 128 valence electrons. The van der Waals surface area contributed by atoms with E-state index in [0.29, 0.717) is 12.3 Å². The normalized spacial score (nSPS) is 10.8. The average Bonchev–Trinajstić information content (AvgIpc) is 2.61. The van der Waals surface area contributed by atoms with Gasteiger partial charge in [-0.15, -0.1) is 0 Å². The molecule has 24 heavy (non-hydrogen) atoms. The summed E-state index contributed by atoms with van der Waals surface area (Å²) in [6.45, 7) is 1.57. The van der Waals surface area contributed by atoms with Gasteiger partial charge in [-0.3, -0.25) is 4.79 Å². The maximum Gasteiger partial charge on any atom is 0.222 e. The molecule has 1 amide bonds. The first-order valence-corrected chi connectivity index (χ1v) is 8.65. The third-order valence-electron chi connectivity index (χ3n) is 4.32. The highest BCUT2D eigenvalue weighted by Gasteiger charge is 2.18. The number of nitrogens with one attached hydrogen (secondary N) is 1. The van der Waals surface area contributed by atoms with Crippen LogP contribution in [0.5, 0.6) is 0 Å². The van der Waals surface area contributed by atoms with Crippen molar-refractivity contribution in [2.24, 2.45) is 5.92 Å². The quantitative estimate of drug-likeness (QED) is 0.768. The Morgan fingerprint density at radius 1 is 0.958 bits per heavy atom. The molecule has 0 aromatic heterocycles. The molecule has 3 heteroatoms. The van der Waals surface area contributed by atoms with Gasteiger partial charge in [0.15, 0.2) is 0 Å². The lowest BCUT2D eigenvalue weighted by Crippen LogP contribution is -2.34. The van der Waals surface area contributed by atoms with Crippen LogP contribution in [0.1, 0.15) is 17.5 Å². The van der Waals surface area contributed by atoms with Gasteiger partial charge in [-0.2, -0.15) is 0 Å². The first kappa shape index (κ1) is 18.2. The van der Waals surface area contributed by atoms with E-state index < -0.39 is 0 Å². The summed E-state index contributed by atoms with van der Waals surface area (Å²) in [5.74, 6) is 0.543. The number of amides is 1. The van der Waals surface area contributed by atoms with Crippen molar-refractivity contribution in [2.45, 2.75) is 19.3 Å². The fourth-order valence-electron chi connectivity index (χ4n) is 2.92. The number of benzene rings is 2. The Labute approximate surface area is 145 Å². The molecule has 0 aliphatic carbocycles. The lowest BCUT2D eigenvalue weighted by Gasteiger charge is -2.22. The van der Waals surface area contributed by atoms with Crippen molar-refractivity contribution in [3.63, 3.8) is 0 Å². The molecular formula is C21H28N2O. The van der Waals surface area contributed by atoms with Crippen molar-refractivity contribution in [1.82, 2.24) is 10.2 Å². The zero-order valence-corrected chi connectivity index (χ0v) is 14.7. The molecule has 0 fully saturated rings. The summed E-state index contributed by atoms with van der Waals surface area (Å²) < 4.78 is 0. The molecule has 2 aromatic rings. The Morgan fingerprint density at radius 3 is 1.92 bits per heavy atom. The molecule has 0 saturated heterocycles. The number of carbonyl (C=O) groups is 1. The summed E-state index contributed by atoms with van der Waals surface area (Å²) in [5.41, 5.74) is 2.59. The highest BCUT2D eigenvalue weighted by molar-refractivity contribution is 5.76. The molecule has 1 N–H and O–H groups in total. The Morgan fingerprint density at radius 2 is 1.46 bits per heavy atom. The zero-order valence-electron chi connectivity index (χ0n) is 14.7. The Kier molecular flexibility index (Phi) is 7.50. The Balaban J connectivity index is 2.03. The van der Waals surface area contributed by atoms with Gasteiger partial charge in [-0.05, 0) is 36.9 Å². The molecule has 0 unspecified atom stereocenters. The Bertz CT molecular complexity index is 556. The van der Waals surface area contributed by atoms with Gasteiger partial charge >= 0.3 is 0 Å². The van der Waals surface area contributed by atoms with Gasteiger partial charge in [0.1, 0.15) is 0 Å². The summed E-state index contributed by atoms with van der Waals surface area (Å²) in [6.07, 6.45) is 2.45. The van der Waals surface area contributed by atoms with Crippen LogP contribution < -0.4 is 5.32 Å². The maximum atomic E-state index is 12.5. The molecule has 2 aromatic carbocycles. The van der Waals surface area contributed by atoms with Crippen molar-refractivity contribution >= 4 is 5.91 Å². The SMILES string of the molecule is CNCCN(C)C(=O)CC(Cc1ccccc1)Cc1ccccc1. The fraction of sp³-hybridized carbons (Fsp3) is 0.381. The van der Waals surface area contributed by atoms with Gasteiger partial charge < -0.3 is 10.2 Å². The van der Waals surface area contributed by atoms with E-state index in [2.05, 4.69) is 53.8 Å². The van der Waals surface area contributed by atoms with Crippen LogP contribution in [-0.4, -0.2) is 38.0 Å². The maximum absolute atomic E-state index is 12.5. The van der Waals surface area contributed by atoms with E-state index in [-0.39, 0.29) is 5.91 Å². The predicted molar refractivity (Wildman–Crippen MR) is 100.0 cm³/mol. The van der Waals surface area contributed by atoms with Crippen molar-refractivity contribution in [1.29, 1.82) is 0 Å². The van der Waals surface area contributed by atoms with Crippen LogP contribution in [0.25, 0.3) is 0 Å². The van der Waals surface area contributed by atoms with E-state index in [9.17, 15) is 4.79 Å². The largest absolute Gasteiger partial charge is 0.344 e. The van der Waals surface area contributed by atoms with Crippen molar-refractivity contribution in [3.05, 3.63) is 71.8 Å². The summed E-state index contributed by atoms with van der Waals surface area (Å²) in [5, 5.41) is 3.09. The molecule has 0 atom stereocenters. The van der Waals surface area contributed by atoms with Crippen LogP contribution in [0.3, 0.4) is 0 Å². The molecule has 0 saturated carbocycles. The minimum Gasteiger partial charge on any atom is -0.344 e. The van der Waals surface area contributed by atoms with E-state index in [0.717, 1.165) is 25.9 Å². The molecule has 3 nitrogen and oxygen atoms in total. The van der Waals surface area contributed by atoms with Gasteiger partial charge in [0, 0.05) is 26.6 Å². The second kappa shape index (κ2) is 9.89. The average molecular weight is 324 g/mol. The van der Waals surface area contributed by atoms with E-state index >= 15 is 0 Å². The van der Waals surface area contributed by atoms with Crippen LogP contribution in [-0.2, 0) is 17.6 Å². The van der Waals surface area contributed by atoms with E-state index in [4.69, 9.17) is 0 Å². The monoisotopic (exact) mass is 324 g/mol. The highest BCUT2D eigenvalue weighted by Crippen LogP contribution is 2.19. The molecule has 0 aliphatic heterocycles. The summed E-state index contributed by atoms with van der Waals surface area (Å²) >= 11 is 0. The van der Waals surface area contributed by atoms with Crippen LogP contribution in [0.4, 0.5) is 0 Å². The molecule has 0 spiro atoms. The number of nitrogens with zero attached hydrogens (tertiary/aromatic N) is 1. The van der Waals surface area contributed by atoms with Gasteiger partial charge in [0.05, 0.1) is 0 Å². The lowest BCUT2D eigenvalue weighted by atomic mass is 9.89. The molecular weight excluding hydrogens is 296 g/mol. The third kappa shape index (κ3) is 6.17. The topological polar surface area (TPSA) is 32.3 Å². The van der Waals surface area contributed by atoms with Crippen LogP contribution in [0.2, 0.25) is 0 Å². The number of hydrogen-bond acceptors (Lipinski definition) is 2. The first-order valence-electron chi connectivity index (χ1n) is 8.65. The Hall–Kier alpha value is -2.13. The number of rotatable bonds is 9. The van der Waals surface area contributed by atoms with E-state index in [1.165, 1.54) is 11.1 Å². The van der Waals surface area contributed by atoms with Crippen molar-refractivity contribution in [2.75, 3.05) is 27.2 Å². The van der Waals surface area contributed by atoms with E-state index in [1.807, 2.05) is 31.1 Å². The second-order valence-electron chi connectivity index (χ2n) is 6.37. The molecule has 0 radical (unpaired) electrons. The van der Waals surface area contributed by atoms with Crippen molar-refractivity contribution in [3.8, 4) is 0 Å². The fourth-order valence-corrected chi connectivity index (χ4v) is 2.92. The minimum absolute atomic E-state index is 0.224. The van der Waals surface area contributed by atoms with Crippen LogP contribution in [0, 0.1) is 5.92 Å². The number of hydrogen-bond donors (Lipinski definition) is 1. The molecule has 0 aliphatic rings. The second-order valence-corrected chi connectivity index (χ2v) is 6.37. The van der Waals surface area contributed by atoms with Crippen molar-refractivity contribution < 1.29 is 4.79 Å². The van der Waals surface area contributed by atoms with Crippen LogP contribution >= 0.6 is 0 Å². The molecule has 0 heterocycles.